The summed E-state index contributed by atoms with van der Waals surface area (Å²) in [6.45, 7) is 0.900. The molecule has 34 heavy (non-hydrogen) atoms. The number of carbonyl (C=O) groups is 1. The standard InChI is InChI=1S/C26H22Cl3FN2O2/c27-22-11-8-20(14-23(22)28)25(34-16-18-4-2-1-3-5-18)26(29)32-13-12-31(17-32)15-24(33)19-6-9-21(30)10-7-19/h1-14,25-26H,15-17H2. The second-order valence-corrected chi connectivity index (χ2v) is 9.16. The number of benzene rings is 3. The number of hydrogen-bond donors (Lipinski definition) is 0. The van der Waals surface area contributed by atoms with Gasteiger partial charge >= 0.3 is 0 Å². The lowest BCUT2D eigenvalue weighted by atomic mass is 10.1. The van der Waals surface area contributed by atoms with E-state index in [0.717, 1.165) is 11.1 Å². The molecular weight excluding hydrogens is 498 g/mol. The van der Waals surface area contributed by atoms with Crippen LogP contribution in [0.25, 0.3) is 0 Å². The van der Waals surface area contributed by atoms with Crippen molar-refractivity contribution in [2.45, 2.75) is 18.2 Å². The van der Waals surface area contributed by atoms with Gasteiger partial charge in [0.25, 0.3) is 0 Å². The third-order valence-corrected chi connectivity index (χ3v) is 6.66. The van der Waals surface area contributed by atoms with Gasteiger partial charge in [0.15, 0.2) is 5.78 Å². The number of halogens is 4. The molecule has 2 unspecified atom stereocenters. The van der Waals surface area contributed by atoms with E-state index in [1.165, 1.54) is 24.3 Å². The number of Topliss-reactive ketones (excluding diaryl/α,β-unsaturated/α-hetero) is 1. The van der Waals surface area contributed by atoms with E-state index in [1.807, 2.05) is 52.4 Å². The number of ether oxygens (including phenoxy) is 1. The van der Waals surface area contributed by atoms with E-state index in [2.05, 4.69) is 0 Å². The van der Waals surface area contributed by atoms with E-state index < -0.39 is 11.6 Å². The Kier molecular flexibility index (Phi) is 8.11. The van der Waals surface area contributed by atoms with Gasteiger partial charge in [0.05, 0.1) is 29.9 Å². The Bertz CT molecular complexity index is 1160. The van der Waals surface area contributed by atoms with Gasteiger partial charge in [0, 0.05) is 18.0 Å². The zero-order chi connectivity index (χ0) is 24.1. The van der Waals surface area contributed by atoms with Crippen LogP contribution in [-0.4, -0.2) is 34.3 Å². The maximum absolute atomic E-state index is 13.1. The first-order chi connectivity index (χ1) is 16.4. The molecule has 1 aliphatic rings. The quantitative estimate of drug-likeness (QED) is 0.175. The third-order valence-electron chi connectivity index (χ3n) is 5.44. The fraction of sp³-hybridized carbons (Fsp3) is 0.192. The molecule has 3 aromatic rings. The largest absolute Gasteiger partial charge is 0.365 e. The molecule has 2 atom stereocenters. The van der Waals surface area contributed by atoms with Crippen molar-refractivity contribution in [2.24, 2.45) is 0 Å². The van der Waals surface area contributed by atoms with E-state index in [1.54, 1.807) is 18.3 Å². The molecule has 0 aliphatic carbocycles. The average molecular weight is 520 g/mol. The van der Waals surface area contributed by atoms with Crippen molar-refractivity contribution in [3.05, 3.63) is 118 Å². The normalized spacial score (nSPS) is 14.9. The first kappa shape index (κ1) is 24.6. The van der Waals surface area contributed by atoms with Crippen LogP contribution in [0.1, 0.15) is 27.6 Å². The van der Waals surface area contributed by atoms with Crippen LogP contribution in [0.5, 0.6) is 0 Å². The van der Waals surface area contributed by atoms with Gasteiger partial charge in [-0.1, -0.05) is 71.2 Å². The Balaban J connectivity index is 1.45. The maximum atomic E-state index is 13.1. The van der Waals surface area contributed by atoms with Crippen LogP contribution in [0.15, 0.2) is 85.2 Å². The van der Waals surface area contributed by atoms with Crippen LogP contribution >= 0.6 is 34.8 Å². The topological polar surface area (TPSA) is 32.8 Å². The zero-order valence-electron chi connectivity index (χ0n) is 18.1. The third kappa shape index (κ3) is 6.10. The summed E-state index contributed by atoms with van der Waals surface area (Å²) in [6, 6.07) is 20.6. The lowest BCUT2D eigenvalue weighted by Crippen LogP contribution is -2.37. The first-order valence-corrected chi connectivity index (χ1v) is 11.8. The molecule has 0 spiro atoms. The molecule has 0 saturated carbocycles. The van der Waals surface area contributed by atoms with E-state index in [9.17, 15) is 9.18 Å². The summed E-state index contributed by atoms with van der Waals surface area (Å²) in [7, 11) is 0. The number of ketones is 1. The Morgan fingerprint density at radius 1 is 0.971 bits per heavy atom. The highest BCUT2D eigenvalue weighted by atomic mass is 35.5. The number of rotatable bonds is 9. The van der Waals surface area contributed by atoms with Gasteiger partial charge in [0.1, 0.15) is 17.4 Å². The monoisotopic (exact) mass is 518 g/mol. The van der Waals surface area contributed by atoms with Crippen molar-refractivity contribution in [1.82, 2.24) is 9.80 Å². The molecule has 0 fully saturated rings. The predicted octanol–water partition coefficient (Wildman–Crippen LogP) is 6.88. The highest BCUT2D eigenvalue weighted by Gasteiger charge is 2.30. The van der Waals surface area contributed by atoms with Gasteiger partial charge in [-0.3, -0.25) is 4.79 Å². The minimum atomic E-state index is -0.580. The Morgan fingerprint density at radius 3 is 2.41 bits per heavy atom. The molecule has 0 N–H and O–H groups in total. The average Bonchev–Trinajstić information content (AvgIpc) is 3.31. The van der Waals surface area contributed by atoms with Crippen molar-refractivity contribution in [1.29, 1.82) is 0 Å². The van der Waals surface area contributed by atoms with Crippen molar-refractivity contribution >= 4 is 40.6 Å². The maximum Gasteiger partial charge on any atom is 0.182 e. The second-order valence-electron chi connectivity index (χ2n) is 7.89. The highest BCUT2D eigenvalue weighted by molar-refractivity contribution is 6.42. The summed E-state index contributed by atoms with van der Waals surface area (Å²) in [6.07, 6.45) is 3.11. The van der Waals surface area contributed by atoms with Crippen molar-refractivity contribution in [2.75, 3.05) is 13.2 Å². The van der Waals surface area contributed by atoms with Crippen LogP contribution in [0.4, 0.5) is 4.39 Å². The van der Waals surface area contributed by atoms with Crippen molar-refractivity contribution in [3.8, 4) is 0 Å². The SMILES string of the molecule is O=C(CN1C=CN(C(Cl)C(OCc2ccccc2)c2ccc(Cl)c(Cl)c2)C1)c1ccc(F)cc1. The van der Waals surface area contributed by atoms with Crippen molar-refractivity contribution in [3.63, 3.8) is 0 Å². The Hall–Kier alpha value is -2.57. The Morgan fingerprint density at radius 2 is 1.71 bits per heavy atom. The summed E-state index contributed by atoms with van der Waals surface area (Å²) in [5.74, 6) is -0.489. The molecule has 3 aromatic carbocycles. The van der Waals surface area contributed by atoms with E-state index >= 15 is 0 Å². The molecular formula is C26H22Cl3FN2O2. The van der Waals surface area contributed by atoms with Crippen LogP contribution in [-0.2, 0) is 11.3 Å². The van der Waals surface area contributed by atoms with Gasteiger partial charge in [0.2, 0.25) is 0 Å². The summed E-state index contributed by atoms with van der Waals surface area (Å²) < 4.78 is 19.4. The van der Waals surface area contributed by atoms with Gasteiger partial charge < -0.3 is 14.5 Å². The smallest absolute Gasteiger partial charge is 0.182 e. The molecule has 0 aromatic heterocycles. The molecule has 1 aliphatic heterocycles. The van der Waals surface area contributed by atoms with Crippen LogP contribution < -0.4 is 0 Å². The summed E-state index contributed by atoms with van der Waals surface area (Å²) in [4.78, 5) is 16.3. The number of hydrogen-bond acceptors (Lipinski definition) is 4. The van der Waals surface area contributed by atoms with E-state index in [0.29, 0.717) is 28.9 Å². The van der Waals surface area contributed by atoms with Gasteiger partial charge in [-0.05, 0) is 47.5 Å². The number of nitrogens with zero attached hydrogens (tertiary/aromatic N) is 2. The predicted molar refractivity (Wildman–Crippen MR) is 133 cm³/mol. The van der Waals surface area contributed by atoms with Crippen LogP contribution in [0.2, 0.25) is 10.0 Å². The summed E-state index contributed by atoms with van der Waals surface area (Å²) >= 11 is 19.3. The minimum Gasteiger partial charge on any atom is -0.365 e. The molecule has 0 bridgehead atoms. The molecule has 0 radical (unpaired) electrons. The fourth-order valence-corrected chi connectivity index (χ4v) is 4.27. The first-order valence-electron chi connectivity index (χ1n) is 10.6. The van der Waals surface area contributed by atoms with Crippen LogP contribution in [0, 0.1) is 5.82 Å². The highest BCUT2D eigenvalue weighted by Crippen LogP contribution is 2.34. The van der Waals surface area contributed by atoms with Gasteiger partial charge in [-0.25, -0.2) is 4.39 Å². The van der Waals surface area contributed by atoms with E-state index in [-0.39, 0.29) is 18.1 Å². The van der Waals surface area contributed by atoms with Crippen molar-refractivity contribution < 1.29 is 13.9 Å². The van der Waals surface area contributed by atoms with E-state index in [4.69, 9.17) is 39.5 Å². The molecule has 4 rings (SSSR count). The van der Waals surface area contributed by atoms with Gasteiger partial charge in [-0.2, -0.15) is 0 Å². The molecule has 4 nitrogen and oxygen atoms in total. The van der Waals surface area contributed by atoms with Crippen LogP contribution in [0.3, 0.4) is 0 Å². The zero-order valence-corrected chi connectivity index (χ0v) is 20.3. The summed E-state index contributed by atoms with van der Waals surface area (Å²) in [5, 5.41) is 0.865. The number of carbonyl (C=O) groups excluding carboxylic acids is 1. The molecule has 176 valence electrons. The lowest BCUT2D eigenvalue weighted by molar-refractivity contribution is 0.00696. The molecule has 8 heteroatoms. The lowest BCUT2D eigenvalue weighted by Gasteiger charge is -2.31. The summed E-state index contributed by atoms with van der Waals surface area (Å²) in [5.41, 5.74) is 1.68. The minimum absolute atomic E-state index is 0.112. The van der Waals surface area contributed by atoms with Gasteiger partial charge in [-0.15, -0.1) is 0 Å². The second kappa shape index (κ2) is 11.2. The molecule has 0 saturated heterocycles. The fourth-order valence-electron chi connectivity index (χ4n) is 3.62. The molecule has 1 heterocycles. The Labute approximate surface area is 213 Å². The number of alkyl halides is 1. The molecule has 0 amide bonds.